The van der Waals surface area contributed by atoms with Gasteiger partial charge in [-0.05, 0) is 73.6 Å². The molecule has 0 saturated heterocycles. The van der Waals surface area contributed by atoms with Gasteiger partial charge in [0.2, 0.25) is 0 Å². The van der Waals surface area contributed by atoms with Crippen molar-refractivity contribution < 1.29 is 4.74 Å². The van der Waals surface area contributed by atoms with Crippen LogP contribution in [0.4, 0.5) is 0 Å². The van der Waals surface area contributed by atoms with Crippen LogP contribution >= 0.6 is 38.5 Å². The van der Waals surface area contributed by atoms with Crippen molar-refractivity contribution in [3.8, 4) is 5.75 Å². The summed E-state index contributed by atoms with van der Waals surface area (Å²) < 4.78 is 7.55. The average molecular weight is 363 g/mol. The second kappa shape index (κ2) is 4.06. The summed E-state index contributed by atoms with van der Waals surface area (Å²) in [6.45, 7) is 0. The van der Waals surface area contributed by atoms with Gasteiger partial charge in [-0.15, -0.1) is 0 Å². The lowest BCUT2D eigenvalue weighted by Gasteiger charge is -2.05. The first-order valence-corrected chi connectivity index (χ1v) is 6.01. The van der Waals surface area contributed by atoms with E-state index >= 15 is 0 Å². The first-order chi connectivity index (χ1) is 6.72. The zero-order chi connectivity index (χ0) is 10.1. The van der Waals surface area contributed by atoms with Gasteiger partial charge in [0.25, 0.3) is 0 Å². The molecule has 0 aliphatic rings. The molecule has 0 bridgehead atoms. The molecule has 0 fully saturated rings. The fourth-order valence-electron chi connectivity index (χ4n) is 1.37. The zero-order valence-electron chi connectivity index (χ0n) is 7.55. The van der Waals surface area contributed by atoms with Crippen molar-refractivity contribution in [1.29, 1.82) is 0 Å². The number of hydrogen-bond donors (Lipinski definition) is 0. The first-order valence-electron chi connectivity index (χ1n) is 4.14. The van der Waals surface area contributed by atoms with Crippen molar-refractivity contribution in [2.45, 2.75) is 0 Å². The number of rotatable bonds is 1. The Kier molecular flexibility index (Phi) is 2.97. The minimum absolute atomic E-state index is 0.894. The third-order valence-corrected chi connectivity index (χ3v) is 4.61. The molecule has 3 heteroatoms. The SMILES string of the molecule is COc1ccc2c(Br)c(I)ccc2c1. The molecular weight excluding hydrogens is 355 g/mol. The maximum atomic E-state index is 5.18. The lowest BCUT2D eigenvalue weighted by Crippen LogP contribution is -1.84. The molecule has 72 valence electrons. The normalized spacial score (nSPS) is 10.5. The smallest absolute Gasteiger partial charge is 0.119 e. The van der Waals surface area contributed by atoms with Crippen LogP contribution in [0.5, 0.6) is 5.75 Å². The van der Waals surface area contributed by atoms with E-state index in [0.29, 0.717) is 0 Å². The molecular formula is C11H8BrIO. The summed E-state index contributed by atoms with van der Waals surface area (Å²) >= 11 is 5.89. The molecule has 0 atom stereocenters. The summed E-state index contributed by atoms with van der Waals surface area (Å²) in [5.41, 5.74) is 0. The predicted molar refractivity (Wildman–Crippen MR) is 70.9 cm³/mol. The van der Waals surface area contributed by atoms with Crippen LogP contribution in [0.15, 0.2) is 34.8 Å². The molecule has 0 spiro atoms. The van der Waals surface area contributed by atoms with Crippen molar-refractivity contribution in [3.05, 3.63) is 38.4 Å². The van der Waals surface area contributed by atoms with Gasteiger partial charge in [0.15, 0.2) is 0 Å². The van der Waals surface area contributed by atoms with E-state index < -0.39 is 0 Å². The molecule has 14 heavy (non-hydrogen) atoms. The Labute approximate surface area is 105 Å². The Bertz CT molecular complexity index is 482. The third-order valence-electron chi connectivity index (χ3n) is 2.11. The van der Waals surface area contributed by atoms with Crippen LogP contribution < -0.4 is 4.74 Å². The molecule has 0 heterocycles. The second-order valence-electron chi connectivity index (χ2n) is 2.95. The van der Waals surface area contributed by atoms with Crippen molar-refractivity contribution in [1.82, 2.24) is 0 Å². The number of ether oxygens (including phenoxy) is 1. The van der Waals surface area contributed by atoms with Gasteiger partial charge in [0.1, 0.15) is 5.75 Å². The maximum absolute atomic E-state index is 5.18. The van der Waals surface area contributed by atoms with E-state index in [9.17, 15) is 0 Å². The van der Waals surface area contributed by atoms with Crippen LogP contribution in [0.3, 0.4) is 0 Å². The summed E-state index contributed by atoms with van der Waals surface area (Å²) in [7, 11) is 1.68. The van der Waals surface area contributed by atoms with Crippen molar-refractivity contribution in [2.24, 2.45) is 0 Å². The van der Waals surface area contributed by atoms with Gasteiger partial charge >= 0.3 is 0 Å². The minimum Gasteiger partial charge on any atom is -0.497 e. The van der Waals surface area contributed by atoms with Crippen LogP contribution in [-0.2, 0) is 0 Å². The molecule has 0 aromatic heterocycles. The Balaban J connectivity index is 2.74. The Morgan fingerprint density at radius 3 is 2.71 bits per heavy atom. The van der Waals surface area contributed by atoms with Crippen molar-refractivity contribution >= 4 is 49.3 Å². The number of hydrogen-bond acceptors (Lipinski definition) is 1. The summed E-state index contributed by atoms with van der Waals surface area (Å²) in [5, 5.41) is 2.41. The van der Waals surface area contributed by atoms with Gasteiger partial charge in [-0.25, -0.2) is 0 Å². The number of benzene rings is 2. The van der Waals surface area contributed by atoms with Crippen LogP contribution in [0.1, 0.15) is 0 Å². The van der Waals surface area contributed by atoms with Gasteiger partial charge in [-0.3, -0.25) is 0 Å². The molecule has 0 aliphatic heterocycles. The zero-order valence-corrected chi connectivity index (χ0v) is 11.3. The molecule has 2 rings (SSSR count). The van der Waals surface area contributed by atoms with Crippen LogP contribution in [-0.4, -0.2) is 7.11 Å². The van der Waals surface area contributed by atoms with Gasteiger partial charge in [0.05, 0.1) is 7.11 Å². The lowest BCUT2D eigenvalue weighted by atomic mass is 10.1. The molecule has 1 nitrogen and oxygen atoms in total. The second-order valence-corrected chi connectivity index (χ2v) is 4.90. The van der Waals surface area contributed by atoms with Gasteiger partial charge in [-0.1, -0.05) is 6.07 Å². The molecule has 2 aromatic carbocycles. The summed E-state index contributed by atoms with van der Waals surface area (Å²) in [5.74, 6) is 0.894. The van der Waals surface area contributed by atoms with E-state index in [-0.39, 0.29) is 0 Å². The molecule has 0 amide bonds. The highest BCUT2D eigenvalue weighted by atomic mass is 127. The van der Waals surface area contributed by atoms with Crippen LogP contribution in [0, 0.1) is 3.57 Å². The molecule has 0 saturated carbocycles. The Morgan fingerprint density at radius 2 is 2.00 bits per heavy atom. The molecule has 0 aliphatic carbocycles. The fourth-order valence-corrected chi connectivity index (χ4v) is 2.33. The number of methoxy groups -OCH3 is 1. The number of halogens is 2. The highest BCUT2D eigenvalue weighted by molar-refractivity contribution is 14.1. The Morgan fingerprint density at radius 1 is 1.21 bits per heavy atom. The molecule has 0 unspecified atom stereocenters. The van der Waals surface area contributed by atoms with Gasteiger partial charge < -0.3 is 4.74 Å². The summed E-state index contributed by atoms with van der Waals surface area (Å²) in [6, 6.07) is 10.3. The lowest BCUT2D eigenvalue weighted by molar-refractivity contribution is 0.415. The highest BCUT2D eigenvalue weighted by Crippen LogP contribution is 2.30. The van der Waals surface area contributed by atoms with Crippen molar-refractivity contribution in [3.63, 3.8) is 0 Å². The standard InChI is InChI=1S/C11H8BrIO/c1-14-8-3-4-9-7(6-8)2-5-10(13)11(9)12/h2-6H,1H3. The van der Waals surface area contributed by atoms with Crippen LogP contribution in [0.2, 0.25) is 0 Å². The molecule has 0 radical (unpaired) electrons. The predicted octanol–water partition coefficient (Wildman–Crippen LogP) is 4.22. The summed E-state index contributed by atoms with van der Waals surface area (Å²) in [4.78, 5) is 0. The monoisotopic (exact) mass is 362 g/mol. The van der Waals surface area contributed by atoms with E-state index in [1.165, 1.54) is 14.3 Å². The molecule has 2 aromatic rings. The minimum atomic E-state index is 0.894. The average Bonchev–Trinajstić information content (AvgIpc) is 2.23. The van der Waals surface area contributed by atoms with Gasteiger partial charge in [0, 0.05) is 8.04 Å². The molecule has 0 N–H and O–H groups in total. The largest absolute Gasteiger partial charge is 0.497 e. The van der Waals surface area contributed by atoms with Crippen LogP contribution in [0.25, 0.3) is 10.8 Å². The third kappa shape index (κ3) is 1.75. The van der Waals surface area contributed by atoms with E-state index in [1.807, 2.05) is 12.1 Å². The van der Waals surface area contributed by atoms with E-state index in [4.69, 9.17) is 4.74 Å². The number of fused-ring (bicyclic) bond motifs is 1. The quantitative estimate of drug-likeness (QED) is 0.690. The maximum Gasteiger partial charge on any atom is 0.119 e. The van der Waals surface area contributed by atoms with Gasteiger partial charge in [-0.2, -0.15) is 0 Å². The highest BCUT2D eigenvalue weighted by Gasteiger charge is 2.03. The first kappa shape index (κ1) is 10.2. The topological polar surface area (TPSA) is 9.23 Å². The van der Waals surface area contributed by atoms with Crippen molar-refractivity contribution in [2.75, 3.05) is 7.11 Å². The summed E-state index contributed by atoms with van der Waals surface area (Å²) in [6.07, 6.45) is 0. The van der Waals surface area contributed by atoms with E-state index in [1.54, 1.807) is 7.11 Å². The van der Waals surface area contributed by atoms with E-state index in [0.717, 1.165) is 10.2 Å². The Hall–Kier alpha value is -0.290. The van der Waals surface area contributed by atoms with E-state index in [2.05, 4.69) is 56.7 Å². The fraction of sp³-hybridized carbons (Fsp3) is 0.0909.